The minimum atomic E-state index is 0.0785. The molecule has 0 saturated carbocycles. The molecule has 0 bridgehead atoms. The molecule has 1 aromatic rings. The zero-order valence-electron chi connectivity index (χ0n) is 11.9. The Morgan fingerprint density at radius 1 is 1.40 bits per heavy atom. The lowest BCUT2D eigenvalue weighted by atomic mass is 10.1. The highest BCUT2D eigenvalue weighted by atomic mass is 16.5. The van der Waals surface area contributed by atoms with E-state index in [4.69, 9.17) is 9.47 Å². The second kappa shape index (κ2) is 7.87. The summed E-state index contributed by atoms with van der Waals surface area (Å²) in [5.41, 5.74) is 1.16. The van der Waals surface area contributed by atoms with E-state index in [2.05, 4.69) is 10.2 Å². The molecule has 110 valence electrons. The van der Waals surface area contributed by atoms with Crippen LogP contribution in [0.3, 0.4) is 0 Å². The average Bonchev–Trinajstić information content (AvgIpc) is 2.48. The molecule has 1 aromatic carbocycles. The van der Waals surface area contributed by atoms with Crippen molar-refractivity contribution >= 4 is 5.91 Å². The van der Waals surface area contributed by atoms with Crippen molar-refractivity contribution in [3.05, 3.63) is 29.8 Å². The predicted octanol–water partition coefficient (Wildman–Crippen LogP) is 0.686. The van der Waals surface area contributed by atoms with Gasteiger partial charge in [-0.25, -0.2) is 0 Å². The van der Waals surface area contributed by atoms with Gasteiger partial charge < -0.3 is 14.8 Å². The van der Waals surface area contributed by atoms with Gasteiger partial charge in [0.15, 0.2) is 0 Å². The van der Waals surface area contributed by atoms with E-state index >= 15 is 0 Å². The van der Waals surface area contributed by atoms with Crippen LogP contribution in [-0.2, 0) is 16.0 Å². The maximum atomic E-state index is 11.8. The van der Waals surface area contributed by atoms with E-state index in [-0.39, 0.29) is 5.91 Å². The molecule has 5 heteroatoms. The van der Waals surface area contributed by atoms with E-state index in [1.54, 1.807) is 7.11 Å². The normalized spacial score (nSPS) is 15.8. The first-order valence-electron chi connectivity index (χ1n) is 6.97. The molecule has 1 aliphatic heterocycles. The van der Waals surface area contributed by atoms with Crippen molar-refractivity contribution in [3.8, 4) is 5.75 Å². The van der Waals surface area contributed by atoms with Gasteiger partial charge in [-0.2, -0.15) is 0 Å². The molecular weight excluding hydrogens is 256 g/mol. The first-order valence-corrected chi connectivity index (χ1v) is 6.97. The summed E-state index contributed by atoms with van der Waals surface area (Å²) in [7, 11) is 1.66. The Kier molecular flexibility index (Phi) is 5.83. The molecule has 0 aliphatic carbocycles. The molecule has 1 fully saturated rings. The largest absolute Gasteiger partial charge is 0.497 e. The second-order valence-corrected chi connectivity index (χ2v) is 4.84. The van der Waals surface area contributed by atoms with Crippen LogP contribution in [0.1, 0.15) is 5.56 Å². The van der Waals surface area contributed by atoms with Crippen molar-refractivity contribution in [1.29, 1.82) is 0 Å². The number of ether oxygens (including phenoxy) is 2. The first kappa shape index (κ1) is 14.8. The lowest BCUT2D eigenvalue weighted by molar-refractivity contribution is -0.123. The van der Waals surface area contributed by atoms with Gasteiger partial charge in [0.2, 0.25) is 5.91 Å². The van der Waals surface area contributed by atoms with Crippen molar-refractivity contribution in [2.45, 2.75) is 6.42 Å². The molecule has 5 nitrogen and oxygen atoms in total. The van der Waals surface area contributed by atoms with E-state index < -0.39 is 0 Å². The summed E-state index contributed by atoms with van der Waals surface area (Å²) >= 11 is 0. The van der Waals surface area contributed by atoms with Crippen LogP contribution < -0.4 is 10.1 Å². The number of methoxy groups -OCH3 is 1. The molecule has 0 atom stereocenters. The van der Waals surface area contributed by atoms with Crippen LogP contribution in [0.5, 0.6) is 5.75 Å². The van der Waals surface area contributed by atoms with E-state index in [1.165, 1.54) is 0 Å². The molecular formula is C15H22N2O3. The third-order valence-electron chi connectivity index (χ3n) is 3.34. The average molecular weight is 278 g/mol. The summed E-state index contributed by atoms with van der Waals surface area (Å²) in [6.45, 7) is 4.22. The van der Waals surface area contributed by atoms with Crippen molar-refractivity contribution < 1.29 is 14.3 Å². The Bertz CT molecular complexity index is 431. The topological polar surface area (TPSA) is 50.8 Å². The van der Waals surface area contributed by atoms with Gasteiger partial charge in [0.05, 0.1) is 26.9 Å². The van der Waals surface area contributed by atoms with Gasteiger partial charge in [0, 0.05) is 19.6 Å². The Hall–Kier alpha value is -1.59. The number of amides is 1. The standard InChI is InChI=1S/C15H22N2O3/c1-19-14-4-2-3-13(11-14)5-6-16-15(18)12-17-7-9-20-10-8-17/h2-4,11H,5-10,12H2,1H3,(H,16,18). The molecule has 0 radical (unpaired) electrons. The quantitative estimate of drug-likeness (QED) is 0.831. The SMILES string of the molecule is COc1cccc(CCNC(=O)CN2CCOCC2)c1. The highest BCUT2D eigenvalue weighted by molar-refractivity contribution is 5.78. The van der Waals surface area contributed by atoms with Crippen LogP contribution in [0.2, 0.25) is 0 Å². The minimum absolute atomic E-state index is 0.0785. The highest BCUT2D eigenvalue weighted by Gasteiger charge is 2.13. The number of carbonyl (C=O) groups excluding carboxylic acids is 1. The second-order valence-electron chi connectivity index (χ2n) is 4.84. The molecule has 1 heterocycles. The van der Waals surface area contributed by atoms with Gasteiger partial charge in [-0.05, 0) is 24.1 Å². The molecule has 20 heavy (non-hydrogen) atoms. The Morgan fingerprint density at radius 3 is 2.95 bits per heavy atom. The van der Waals surface area contributed by atoms with E-state index in [0.29, 0.717) is 13.1 Å². The Labute approximate surface area is 119 Å². The van der Waals surface area contributed by atoms with Crippen molar-refractivity contribution in [2.24, 2.45) is 0 Å². The van der Waals surface area contributed by atoms with Gasteiger partial charge in [0.25, 0.3) is 0 Å². The van der Waals surface area contributed by atoms with Crippen LogP contribution in [-0.4, -0.2) is 57.3 Å². The summed E-state index contributed by atoms with van der Waals surface area (Å²) in [6, 6.07) is 7.91. The third kappa shape index (κ3) is 4.83. The number of nitrogens with zero attached hydrogens (tertiary/aromatic N) is 1. The molecule has 1 saturated heterocycles. The van der Waals surface area contributed by atoms with Crippen LogP contribution in [0.4, 0.5) is 0 Å². The fourth-order valence-electron chi connectivity index (χ4n) is 2.19. The maximum Gasteiger partial charge on any atom is 0.234 e. The first-order chi connectivity index (χ1) is 9.78. The van der Waals surface area contributed by atoms with Crippen molar-refractivity contribution in [3.63, 3.8) is 0 Å². The van der Waals surface area contributed by atoms with Gasteiger partial charge in [-0.15, -0.1) is 0 Å². The van der Waals surface area contributed by atoms with Crippen molar-refractivity contribution in [2.75, 3.05) is 46.5 Å². The van der Waals surface area contributed by atoms with Gasteiger partial charge in [-0.1, -0.05) is 12.1 Å². The molecule has 1 N–H and O–H groups in total. The van der Waals surface area contributed by atoms with Gasteiger partial charge >= 0.3 is 0 Å². The summed E-state index contributed by atoms with van der Waals surface area (Å²) in [4.78, 5) is 13.9. The zero-order valence-corrected chi connectivity index (χ0v) is 11.9. The fraction of sp³-hybridized carbons (Fsp3) is 0.533. The Balaban J connectivity index is 1.67. The molecule has 2 rings (SSSR count). The Morgan fingerprint density at radius 2 is 2.20 bits per heavy atom. The molecule has 0 spiro atoms. The number of hydrogen-bond donors (Lipinski definition) is 1. The number of benzene rings is 1. The van der Waals surface area contributed by atoms with Crippen LogP contribution in [0.25, 0.3) is 0 Å². The monoisotopic (exact) mass is 278 g/mol. The van der Waals surface area contributed by atoms with E-state index in [0.717, 1.165) is 44.0 Å². The molecule has 1 aliphatic rings. The van der Waals surface area contributed by atoms with Gasteiger partial charge in [0.1, 0.15) is 5.75 Å². The lowest BCUT2D eigenvalue weighted by Gasteiger charge is -2.25. The molecule has 0 aromatic heterocycles. The number of morpholine rings is 1. The van der Waals surface area contributed by atoms with Crippen LogP contribution >= 0.6 is 0 Å². The minimum Gasteiger partial charge on any atom is -0.497 e. The van der Waals surface area contributed by atoms with Crippen molar-refractivity contribution in [1.82, 2.24) is 10.2 Å². The number of hydrogen-bond acceptors (Lipinski definition) is 4. The zero-order chi connectivity index (χ0) is 14.2. The molecule has 1 amide bonds. The summed E-state index contributed by atoms with van der Waals surface area (Å²) in [5, 5.41) is 2.95. The maximum absolute atomic E-state index is 11.8. The lowest BCUT2D eigenvalue weighted by Crippen LogP contribution is -2.43. The fourth-order valence-corrected chi connectivity index (χ4v) is 2.19. The van der Waals surface area contributed by atoms with E-state index in [1.807, 2.05) is 24.3 Å². The number of carbonyl (C=O) groups is 1. The highest BCUT2D eigenvalue weighted by Crippen LogP contribution is 2.12. The predicted molar refractivity (Wildman–Crippen MR) is 77.0 cm³/mol. The summed E-state index contributed by atoms with van der Waals surface area (Å²) in [5.74, 6) is 0.928. The third-order valence-corrected chi connectivity index (χ3v) is 3.34. The summed E-state index contributed by atoms with van der Waals surface area (Å²) in [6.07, 6.45) is 0.812. The summed E-state index contributed by atoms with van der Waals surface area (Å²) < 4.78 is 10.4. The van der Waals surface area contributed by atoms with E-state index in [9.17, 15) is 4.79 Å². The van der Waals surface area contributed by atoms with Crippen LogP contribution in [0, 0.1) is 0 Å². The van der Waals surface area contributed by atoms with Gasteiger partial charge in [-0.3, -0.25) is 9.69 Å². The number of rotatable bonds is 6. The molecule has 0 unspecified atom stereocenters. The number of nitrogens with one attached hydrogen (secondary N) is 1. The van der Waals surface area contributed by atoms with Crippen LogP contribution in [0.15, 0.2) is 24.3 Å². The smallest absolute Gasteiger partial charge is 0.234 e.